The molecule has 2 aliphatic heterocycles. The number of anilines is 2. The normalized spacial score (nSPS) is 18.1. The molecule has 0 bridgehead atoms. The molecular weight excluding hydrogens is 355 g/mol. The fourth-order valence-electron chi connectivity index (χ4n) is 4.07. The maximum absolute atomic E-state index is 14.0. The third-order valence-corrected chi connectivity index (χ3v) is 5.68. The second kappa shape index (κ2) is 8.59. The fraction of sp³-hybridized carbons (Fsp3) is 0.455. The van der Waals surface area contributed by atoms with E-state index in [2.05, 4.69) is 9.88 Å². The van der Waals surface area contributed by atoms with Crippen molar-refractivity contribution in [1.29, 1.82) is 0 Å². The number of nitrogens with zero attached hydrogens (tertiary/aromatic N) is 4. The van der Waals surface area contributed by atoms with Crippen LogP contribution in [0, 0.1) is 5.82 Å². The van der Waals surface area contributed by atoms with Crippen molar-refractivity contribution in [2.75, 3.05) is 49.1 Å². The summed E-state index contributed by atoms with van der Waals surface area (Å²) >= 11 is 0. The molecule has 4 rings (SSSR count). The number of pyridine rings is 1. The second-order valence-corrected chi connectivity index (χ2v) is 7.53. The lowest BCUT2D eigenvalue weighted by atomic mass is 10.2. The molecule has 0 spiro atoms. The van der Waals surface area contributed by atoms with Crippen molar-refractivity contribution in [2.24, 2.45) is 0 Å². The van der Waals surface area contributed by atoms with E-state index in [1.165, 1.54) is 31.7 Å². The average molecular weight is 382 g/mol. The van der Waals surface area contributed by atoms with Crippen LogP contribution in [-0.4, -0.2) is 55.1 Å². The van der Waals surface area contributed by atoms with Crippen LogP contribution in [0.15, 0.2) is 42.6 Å². The number of hydrogen-bond donors (Lipinski definition) is 0. The number of carbonyl (C=O) groups is 1. The monoisotopic (exact) mass is 382 g/mol. The molecule has 2 fully saturated rings. The number of hydrogen-bond acceptors (Lipinski definition) is 4. The van der Waals surface area contributed by atoms with Gasteiger partial charge >= 0.3 is 0 Å². The standard InChI is InChI=1S/C22H27FN4O/c23-19-7-3-4-8-20(19)25-13-15-27(16-14-25)22(28)18-9-10-24-21(17-18)26-11-5-1-2-6-12-26/h3-4,7-10,17H,1-2,5-6,11-16H2. The van der Waals surface area contributed by atoms with Crippen LogP contribution >= 0.6 is 0 Å². The van der Waals surface area contributed by atoms with Crippen molar-refractivity contribution < 1.29 is 9.18 Å². The molecule has 0 unspecified atom stereocenters. The van der Waals surface area contributed by atoms with Gasteiger partial charge in [-0.3, -0.25) is 4.79 Å². The van der Waals surface area contributed by atoms with Gasteiger partial charge in [-0.2, -0.15) is 0 Å². The van der Waals surface area contributed by atoms with Crippen molar-refractivity contribution in [3.63, 3.8) is 0 Å². The zero-order valence-corrected chi connectivity index (χ0v) is 16.2. The topological polar surface area (TPSA) is 39.7 Å². The first kappa shape index (κ1) is 18.7. The molecule has 1 amide bonds. The van der Waals surface area contributed by atoms with E-state index in [9.17, 15) is 9.18 Å². The maximum atomic E-state index is 14.0. The quantitative estimate of drug-likeness (QED) is 0.814. The summed E-state index contributed by atoms with van der Waals surface area (Å²) in [6.07, 6.45) is 6.63. The molecule has 1 aromatic carbocycles. The Balaban J connectivity index is 1.41. The molecule has 0 N–H and O–H groups in total. The molecule has 1 aromatic heterocycles. The molecule has 148 valence electrons. The minimum atomic E-state index is -0.210. The van der Waals surface area contributed by atoms with Crippen LogP contribution in [0.25, 0.3) is 0 Å². The third-order valence-electron chi connectivity index (χ3n) is 5.68. The van der Waals surface area contributed by atoms with Gasteiger partial charge in [0.15, 0.2) is 0 Å². The van der Waals surface area contributed by atoms with Crippen LogP contribution in [0.1, 0.15) is 36.0 Å². The Morgan fingerprint density at radius 3 is 2.29 bits per heavy atom. The molecule has 0 atom stereocenters. The van der Waals surface area contributed by atoms with Gasteiger partial charge in [-0.1, -0.05) is 25.0 Å². The van der Waals surface area contributed by atoms with Crippen molar-refractivity contribution >= 4 is 17.4 Å². The Morgan fingerprint density at radius 2 is 1.57 bits per heavy atom. The molecular formula is C22H27FN4O. The Labute approximate surface area is 165 Å². The number of aromatic nitrogens is 1. The zero-order chi connectivity index (χ0) is 19.3. The number of amides is 1. The van der Waals surface area contributed by atoms with Gasteiger partial charge < -0.3 is 14.7 Å². The first-order valence-electron chi connectivity index (χ1n) is 10.2. The van der Waals surface area contributed by atoms with Crippen LogP contribution in [0.2, 0.25) is 0 Å². The minimum Gasteiger partial charge on any atom is -0.366 e. The summed E-state index contributed by atoms with van der Waals surface area (Å²) in [5.41, 5.74) is 1.30. The molecule has 0 aliphatic carbocycles. The second-order valence-electron chi connectivity index (χ2n) is 7.53. The van der Waals surface area contributed by atoms with Gasteiger partial charge in [0.2, 0.25) is 0 Å². The lowest BCUT2D eigenvalue weighted by Gasteiger charge is -2.36. The molecule has 2 aliphatic rings. The Kier molecular flexibility index (Phi) is 5.74. The van der Waals surface area contributed by atoms with Crippen molar-refractivity contribution in [3.05, 3.63) is 54.0 Å². The summed E-state index contributed by atoms with van der Waals surface area (Å²) in [4.78, 5) is 23.7. The zero-order valence-electron chi connectivity index (χ0n) is 16.2. The lowest BCUT2D eigenvalue weighted by Crippen LogP contribution is -2.49. The number of halogens is 1. The van der Waals surface area contributed by atoms with E-state index in [-0.39, 0.29) is 11.7 Å². The first-order valence-corrected chi connectivity index (χ1v) is 10.2. The van der Waals surface area contributed by atoms with E-state index in [0.717, 1.165) is 18.9 Å². The Hall–Kier alpha value is -2.63. The van der Waals surface area contributed by atoms with E-state index in [4.69, 9.17) is 0 Å². The molecule has 3 heterocycles. The van der Waals surface area contributed by atoms with Gasteiger partial charge in [-0.15, -0.1) is 0 Å². The number of carbonyl (C=O) groups excluding carboxylic acids is 1. The van der Waals surface area contributed by atoms with Gasteiger partial charge in [0, 0.05) is 51.0 Å². The largest absolute Gasteiger partial charge is 0.366 e. The van der Waals surface area contributed by atoms with Gasteiger partial charge in [-0.25, -0.2) is 9.37 Å². The van der Waals surface area contributed by atoms with Crippen molar-refractivity contribution in [1.82, 2.24) is 9.88 Å². The van der Waals surface area contributed by atoms with Crippen LogP contribution in [0.5, 0.6) is 0 Å². The maximum Gasteiger partial charge on any atom is 0.254 e. The van der Waals surface area contributed by atoms with E-state index < -0.39 is 0 Å². The predicted molar refractivity (Wildman–Crippen MR) is 109 cm³/mol. The summed E-state index contributed by atoms with van der Waals surface area (Å²) < 4.78 is 14.0. The highest BCUT2D eigenvalue weighted by Gasteiger charge is 2.24. The van der Waals surface area contributed by atoms with Crippen LogP contribution in [-0.2, 0) is 0 Å². The number of para-hydroxylation sites is 1. The van der Waals surface area contributed by atoms with Crippen molar-refractivity contribution in [3.8, 4) is 0 Å². The Morgan fingerprint density at radius 1 is 0.857 bits per heavy atom. The molecule has 28 heavy (non-hydrogen) atoms. The average Bonchev–Trinajstić information content (AvgIpc) is 3.04. The first-order chi connectivity index (χ1) is 13.7. The SMILES string of the molecule is O=C(c1ccnc(N2CCCCCC2)c1)N1CCN(c2ccccc2F)CC1. The molecule has 0 radical (unpaired) electrons. The van der Waals surface area contributed by atoms with Crippen LogP contribution in [0.4, 0.5) is 15.9 Å². The van der Waals surface area contributed by atoms with E-state index in [1.54, 1.807) is 24.4 Å². The number of benzene rings is 1. The fourth-order valence-corrected chi connectivity index (χ4v) is 4.07. The van der Waals surface area contributed by atoms with E-state index in [1.807, 2.05) is 21.9 Å². The van der Waals surface area contributed by atoms with Crippen LogP contribution in [0.3, 0.4) is 0 Å². The smallest absolute Gasteiger partial charge is 0.254 e. The summed E-state index contributed by atoms with van der Waals surface area (Å²) in [5.74, 6) is 0.725. The van der Waals surface area contributed by atoms with E-state index >= 15 is 0 Å². The van der Waals surface area contributed by atoms with Gasteiger partial charge in [0.05, 0.1) is 5.69 Å². The molecule has 2 saturated heterocycles. The molecule has 5 nitrogen and oxygen atoms in total. The summed E-state index contributed by atoms with van der Waals surface area (Å²) in [7, 11) is 0. The summed E-state index contributed by atoms with van der Waals surface area (Å²) in [6, 6.07) is 10.5. The number of piperazine rings is 1. The van der Waals surface area contributed by atoms with Gasteiger partial charge in [0.25, 0.3) is 5.91 Å². The minimum absolute atomic E-state index is 0.0339. The van der Waals surface area contributed by atoms with Gasteiger partial charge in [0.1, 0.15) is 11.6 Å². The third kappa shape index (κ3) is 4.11. The highest BCUT2D eigenvalue weighted by molar-refractivity contribution is 5.95. The van der Waals surface area contributed by atoms with Gasteiger partial charge in [-0.05, 0) is 37.1 Å². The molecule has 6 heteroatoms. The van der Waals surface area contributed by atoms with Crippen LogP contribution < -0.4 is 9.80 Å². The molecule has 0 saturated carbocycles. The predicted octanol–water partition coefficient (Wildman–Crippen LogP) is 3.56. The highest BCUT2D eigenvalue weighted by atomic mass is 19.1. The summed E-state index contributed by atoms with van der Waals surface area (Å²) in [6.45, 7) is 4.47. The highest BCUT2D eigenvalue weighted by Crippen LogP contribution is 2.22. The molecule has 2 aromatic rings. The van der Waals surface area contributed by atoms with Crippen molar-refractivity contribution in [2.45, 2.75) is 25.7 Å². The number of rotatable bonds is 3. The lowest BCUT2D eigenvalue weighted by molar-refractivity contribution is 0.0746. The summed E-state index contributed by atoms with van der Waals surface area (Å²) in [5, 5.41) is 0. The Bertz CT molecular complexity index is 812. The van der Waals surface area contributed by atoms with E-state index in [0.29, 0.717) is 37.4 Å².